The third-order valence-electron chi connectivity index (χ3n) is 3.53. The van der Waals surface area contributed by atoms with Gasteiger partial charge in [0.15, 0.2) is 0 Å². The van der Waals surface area contributed by atoms with Crippen LogP contribution in [0.2, 0.25) is 0 Å². The number of fused-ring (bicyclic) bond motifs is 1. The highest BCUT2D eigenvalue weighted by Crippen LogP contribution is 2.63. The SMILES string of the molecule is CC1(C)[C@H]2C=C(CO)CC[C@@H]21. The normalized spacial score (nSPS) is 39.4. The quantitative estimate of drug-likeness (QED) is 0.569. The van der Waals surface area contributed by atoms with Crippen molar-refractivity contribution in [2.24, 2.45) is 17.3 Å². The van der Waals surface area contributed by atoms with Crippen LogP contribution in [0.3, 0.4) is 0 Å². The van der Waals surface area contributed by atoms with Gasteiger partial charge in [0.1, 0.15) is 0 Å². The number of aliphatic hydroxyl groups excluding tert-OH is 1. The Hall–Kier alpha value is -0.300. The molecule has 0 aromatic rings. The second-order valence-corrected chi connectivity index (χ2v) is 4.48. The van der Waals surface area contributed by atoms with Crippen molar-refractivity contribution >= 4 is 0 Å². The molecule has 11 heavy (non-hydrogen) atoms. The van der Waals surface area contributed by atoms with Crippen molar-refractivity contribution in [3.63, 3.8) is 0 Å². The summed E-state index contributed by atoms with van der Waals surface area (Å²) in [5.74, 6) is 1.69. The van der Waals surface area contributed by atoms with Crippen LogP contribution < -0.4 is 0 Å². The van der Waals surface area contributed by atoms with Crippen LogP contribution in [0, 0.1) is 17.3 Å². The summed E-state index contributed by atoms with van der Waals surface area (Å²) >= 11 is 0. The van der Waals surface area contributed by atoms with Crippen LogP contribution in [0.1, 0.15) is 26.7 Å². The van der Waals surface area contributed by atoms with Gasteiger partial charge >= 0.3 is 0 Å². The predicted molar refractivity (Wildman–Crippen MR) is 45.2 cm³/mol. The first kappa shape index (κ1) is 7.35. The lowest BCUT2D eigenvalue weighted by Crippen LogP contribution is -1.97. The predicted octanol–water partition coefficient (Wildman–Crippen LogP) is 1.97. The van der Waals surface area contributed by atoms with Gasteiger partial charge in [-0.1, -0.05) is 19.9 Å². The summed E-state index contributed by atoms with van der Waals surface area (Å²) in [5.41, 5.74) is 1.80. The average molecular weight is 152 g/mol. The number of allylic oxidation sites excluding steroid dienone is 1. The molecule has 1 N–H and O–H groups in total. The fraction of sp³-hybridized carbons (Fsp3) is 0.800. The highest BCUT2D eigenvalue weighted by molar-refractivity contribution is 5.23. The number of aliphatic hydroxyl groups is 1. The van der Waals surface area contributed by atoms with Crippen LogP contribution in [-0.2, 0) is 0 Å². The Morgan fingerprint density at radius 1 is 1.64 bits per heavy atom. The molecule has 2 aliphatic rings. The van der Waals surface area contributed by atoms with Gasteiger partial charge in [0.05, 0.1) is 6.61 Å². The van der Waals surface area contributed by atoms with E-state index in [2.05, 4.69) is 19.9 Å². The van der Waals surface area contributed by atoms with Crippen molar-refractivity contribution in [1.82, 2.24) is 0 Å². The molecule has 2 rings (SSSR count). The molecule has 1 saturated carbocycles. The van der Waals surface area contributed by atoms with Gasteiger partial charge in [-0.05, 0) is 35.7 Å². The molecule has 1 fully saturated rings. The molecule has 1 nitrogen and oxygen atoms in total. The highest BCUT2D eigenvalue weighted by Gasteiger charge is 2.56. The van der Waals surface area contributed by atoms with Gasteiger partial charge in [0, 0.05) is 0 Å². The van der Waals surface area contributed by atoms with Gasteiger partial charge in [-0.15, -0.1) is 0 Å². The molecule has 0 spiro atoms. The fourth-order valence-electron chi connectivity index (χ4n) is 2.48. The van der Waals surface area contributed by atoms with Gasteiger partial charge in [-0.2, -0.15) is 0 Å². The monoisotopic (exact) mass is 152 g/mol. The van der Waals surface area contributed by atoms with Crippen molar-refractivity contribution in [2.75, 3.05) is 6.61 Å². The highest BCUT2D eigenvalue weighted by atomic mass is 16.3. The standard InChI is InChI=1S/C10H16O/c1-10(2)8-4-3-7(6-11)5-9(8)10/h5,8-9,11H,3-4,6H2,1-2H3/t8-,9-/m0/s1. The van der Waals surface area contributed by atoms with E-state index in [4.69, 9.17) is 5.11 Å². The van der Waals surface area contributed by atoms with Crippen LogP contribution in [0.15, 0.2) is 11.6 Å². The van der Waals surface area contributed by atoms with Crippen molar-refractivity contribution in [1.29, 1.82) is 0 Å². The van der Waals surface area contributed by atoms with E-state index < -0.39 is 0 Å². The summed E-state index contributed by atoms with van der Waals surface area (Å²) in [6, 6.07) is 0. The minimum Gasteiger partial charge on any atom is -0.392 e. The van der Waals surface area contributed by atoms with Crippen LogP contribution in [-0.4, -0.2) is 11.7 Å². The second kappa shape index (κ2) is 2.10. The Balaban J connectivity index is 2.13. The van der Waals surface area contributed by atoms with E-state index in [1.807, 2.05) is 0 Å². The maximum Gasteiger partial charge on any atom is 0.0641 e. The first-order valence-corrected chi connectivity index (χ1v) is 4.46. The summed E-state index contributed by atoms with van der Waals surface area (Å²) in [4.78, 5) is 0. The van der Waals surface area contributed by atoms with Crippen LogP contribution in [0.25, 0.3) is 0 Å². The summed E-state index contributed by atoms with van der Waals surface area (Å²) in [6.07, 6.45) is 4.72. The Labute approximate surface area is 68.1 Å². The molecular formula is C10H16O. The third kappa shape index (κ3) is 0.943. The molecule has 2 aliphatic carbocycles. The minimum atomic E-state index is 0.277. The molecule has 0 heterocycles. The first-order valence-electron chi connectivity index (χ1n) is 4.46. The van der Waals surface area contributed by atoms with Gasteiger partial charge < -0.3 is 5.11 Å². The van der Waals surface area contributed by atoms with E-state index in [9.17, 15) is 0 Å². The smallest absolute Gasteiger partial charge is 0.0641 e. The number of hydrogen-bond acceptors (Lipinski definition) is 1. The van der Waals surface area contributed by atoms with Crippen LogP contribution in [0.5, 0.6) is 0 Å². The van der Waals surface area contributed by atoms with Crippen LogP contribution in [0.4, 0.5) is 0 Å². The molecule has 0 amide bonds. The van der Waals surface area contributed by atoms with E-state index >= 15 is 0 Å². The van der Waals surface area contributed by atoms with Gasteiger partial charge in [-0.3, -0.25) is 0 Å². The molecule has 0 aliphatic heterocycles. The van der Waals surface area contributed by atoms with Crippen molar-refractivity contribution < 1.29 is 5.11 Å². The van der Waals surface area contributed by atoms with Gasteiger partial charge in [0.2, 0.25) is 0 Å². The van der Waals surface area contributed by atoms with Gasteiger partial charge in [-0.25, -0.2) is 0 Å². The first-order chi connectivity index (χ1) is 5.16. The van der Waals surface area contributed by atoms with Crippen molar-refractivity contribution in [3.05, 3.63) is 11.6 Å². The lowest BCUT2D eigenvalue weighted by Gasteiger charge is -2.07. The summed E-state index contributed by atoms with van der Waals surface area (Å²) in [5, 5.41) is 8.93. The summed E-state index contributed by atoms with van der Waals surface area (Å²) < 4.78 is 0. The van der Waals surface area contributed by atoms with E-state index in [1.54, 1.807) is 0 Å². The van der Waals surface area contributed by atoms with Gasteiger partial charge in [0.25, 0.3) is 0 Å². The second-order valence-electron chi connectivity index (χ2n) is 4.48. The largest absolute Gasteiger partial charge is 0.392 e. The zero-order valence-electron chi connectivity index (χ0n) is 7.30. The number of rotatable bonds is 1. The molecule has 0 bridgehead atoms. The molecule has 0 saturated heterocycles. The maximum atomic E-state index is 8.93. The Bertz CT molecular complexity index is 203. The Kier molecular flexibility index (Phi) is 1.40. The molecule has 1 heteroatoms. The summed E-state index contributed by atoms with van der Waals surface area (Å²) in [7, 11) is 0. The number of hydrogen-bond donors (Lipinski definition) is 1. The average Bonchev–Trinajstić information content (AvgIpc) is 2.55. The Morgan fingerprint density at radius 3 is 2.91 bits per heavy atom. The zero-order valence-corrected chi connectivity index (χ0v) is 7.30. The molecule has 0 aromatic heterocycles. The molecular weight excluding hydrogens is 136 g/mol. The minimum absolute atomic E-state index is 0.277. The molecule has 0 aromatic carbocycles. The van der Waals surface area contributed by atoms with E-state index in [-0.39, 0.29) is 6.61 Å². The molecule has 0 radical (unpaired) electrons. The third-order valence-corrected chi connectivity index (χ3v) is 3.53. The van der Waals surface area contributed by atoms with Crippen molar-refractivity contribution in [3.8, 4) is 0 Å². The van der Waals surface area contributed by atoms with E-state index in [1.165, 1.54) is 12.0 Å². The fourth-order valence-corrected chi connectivity index (χ4v) is 2.48. The van der Waals surface area contributed by atoms with Crippen molar-refractivity contribution in [2.45, 2.75) is 26.7 Å². The Morgan fingerprint density at radius 2 is 2.36 bits per heavy atom. The topological polar surface area (TPSA) is 20.2 Å². The van der Waals surface area contributed by atoms with E-state index in [0.29, 0.717) is 5.41 Å². The summed E-state index contributed by atoms with van der Waals surface area (Å²) in [6.45, 7) is 4.94. The molecule has 62 valence electrons. The lowest BCUT2D eigenvalue weighted by molar-refractivity contribution is 0.322. The lowest BCUT2D eigenvalue weighted by atomic mass is 10.0. The zero-order chi connectivity index (χ0) is 8.06. The maximum absolute atomic E-state index is 8.93. The van der Waals surface area contributed by atoms with Crippen LogP contribution >= 0.6 is 0 Å². The molecule has 2 atom stereocenters. The molecule has 0 unspecified atom stereocenters. The van der Waals surface area contributed by atoms with E-state index in [0.717, 1.165) is 18.3 Å².